The molecule has 0 atom stereocenters. The zero-order chi connectivity index (χ0) is 18.8. The summed E-state index contributed by atoms with van der Waals surface area (Å²) in [7, 11) is 0. The lowest BCUT2D eigenvalue weighted by Gasteiger charge is -2.03. The first-order valence-corrected chi connectivity index (χ1v) is 8.52. The van der Waals surface area contributed by atoms with Gasteiger partial charge >= 0.3 is 5.97 Å². The van der Waals surface area contributed by atoms with Crippen molar-refractivity contribution in [3.63, 3.8) is 0 Å². The van der Waals surface area contributed by atoms with Gasteiger partial charge in [-0.3, -0.25) is 4.79 Å². The van der Waals surface area contributed by atoms with E-state index in [9.17, 15) is 9.59 Å². The summed E-state index contributed by atoms with van der Waals surface area (Å²) in [5.74, 6) is -0.878. The number of hydrogen-bond donors (Lipinski definition) is 1. The molecule has 0 saturated carbocycles. The number of ether oxygens (including phenoxy) is 1. The zero-order valence-electron chi connectivity index (χ0n) is 14.7. The number of carbonyl (C=O) groups excluding carboxylic acids is 2. The van der Waals surface area contributed by atoms with E-state index in [1.807, 2.05) is 61.5 Å². The van der Waals surface area contributed by atoms with E-state index < -0.39 is 5.97 Å². The predicted octanol–water partition coefficient (Wildman–Crippen LogP) is 3.70. The number of Topliss-reactive ketones (excluding diaryl/α,β-unsaturated/α-hetero) is 1. The van der Waals surface area contributed by atoms with Crippen molar-refractivity contribution in [2.75, 3.05) is 6.61 Å². The van der Waals surface area contributed by atoms with Gasteiger partial charge in [0.15, 0.2) is 12.3 Å². The van der Waals surface area contributed by atoms with Crippen molar-refractivity contribution < 1.29 is 14.3 Å². The van der Waals surface area contributed by atoms with Gasteiger partial charge in [0.05, 0.1) is 5.69 Å². The number of carbonyl (C=O) groups is 2. The minimum absolute atomic E-state index is 0.155. The van der Waals surface area contributed by atoms with Crippen LogP contribution in [0.2, 0.25) is 0 Å². The van der Waals surface area contributed by atoms with Gasteiger partial charge in [-0.2, -0.15) is 5.10 Å². The van der Waals surface area contributed by atoms with E-state index in [0.717, 1.165) is 22.3 Å². The number of para-hydroxylation sites is 2. The topological polar surface area (TPSA) is 77.0 Å². The predicted molar refractivity (Wildman–Crippen MR) is 101 cm³/mol. The fourth-order valence-corrected chi connectivity index (χ4v) is 3.07. The Bertz CT molecular complexity index is 1130. The first-order chi connectivity index (χ1) is 13.1. The Morgan fingerprint density at radius 2 is 1.78 bits per heavy atom. The first-order valence-electron chi connectivity index (χ1n) is 8.52. The molecule has 2 aromatic carbocycles. The highest BCUT2D eigenvalue weighted by atomic mass is 16.5. The van der Waals surface area contributed by atoms with Crippen LogP contribution < -0.4 is 0 Å². The Labute approximate surface area is 155 Å². The van der Waals surface area contributed by atoms with Crippen LogP contribution in [0.25, 0.3) is 16.6 Å². The maximum atomic E-state index is 12.6. The number of aromatic amines is 1. The molecule has 0 amide bonds. The van der Waals surface area contributed by atoms with Crippen molar-refractivity contribution >= 4 is 22.7 Å². The largest absolute Gasteiger partial charge is 0.453 e. The summed E-state index contributed by atoms with van der Waals surface area (Å²) in [6.07, 6.45) is 1.68. The van der Waals surface area contributed by atoms with Crippen LogP contribution in [-0.4, -0.2) is 33.1 Å². The average Bonchev–Trinajstić information content (AvgIpc) is 3.30. The van der Waals surface area contributed by atoms with Gasteiger partial charge in [0.25, 0.3) is 0 Å². The number of esters is 1. The highest BCUT2D eigenvalue weighted by Gasteiger charge is 2.19. The van der Waals surface area contributed by atoms with Crippen LogP contribution in [0.15, 0.2) is 66.9 Å². The third kappa shape index (κ3) is 3.25. The fraction of sp³-hybridized carbons (Fsp3) is 0.0952. The van der Waals surface area contributed by atoms with Gasteiger partial charge in [-0.05, 0) is 31.2 Å². The molecule has 6 heteroatoms. The molecule has 0 aliphatic carbocycles. The van der Waals surface area contributed by atoms with Crippen molar-refractivity contribution in [2.45, 2.75) is 6.92 Å². The van der Waals surface area contributed by atoms with Crippen LogP contribution in [0.4, 0.5) is 0 Å². The number of nitrogens with zero attached hydrogens (tertiary/aromatic N) is 2. The number of H-pyrrole nitrogens is 1. The summed E-state index contributed by atoms with van der Waals surface area (Å²) in [5.41, 5.74) is 3.18. The van der Waals surface area contributed by atoms with Gasteiger partial charge in [0.2, 0.25) is 5.78 Å². The summed E-state index contributed by atoms with van der Waals surface area (Å²) < 4.78 is 6.77. The number of ketones is 1. The minimum Gasteiger partial charge on any atom is -0.453 e. The van der Waals surface area contributed by atoms with Crippen LogP contribution in [0.5, 0.6) is 0 Å². The maximum absolute atomic E-state index is 12.6. The molecule has 0 aliphatic rings. The lowest BCUT2D eigenvalue weighted by Crippen LogP contribution is -2.15. The highest BCUT2D eigenvalue weighted by molar-refractivity contribution is 6.10. The van der Waals surface area contributed by atoms with Crippen molar-refractivity contribution in [1.29, 1.82) is 0 Å². The second kappa shape index (κ2) is 6.92. The van der Waals surface area contributed by atoms with Crippen molar-refractivity contribution in [3.8, 4) is 5.69 Å². The normalized spacial score (nSPS) is 10.9. The molecule has 0 aliphatic heterocycles. The maximum Gasteiger partial charge on any atom is 0.359 e. The molecule has 0 fully saturated rings. The monoisotopic (exact) mass is 359 g/mol. The van der Waals surface area contributed by atoms with E-state index in [4.69, 9.17) is 4.74 Å². The van der Waals surface area contributed by atoms with Crippen molar-refractivity contribution in [3.05, 3.63) is 83.8 Å². The standard InChI is InChI=1S/C21H17N3O3/c1-14-20(16-9-5-6-10-17(16)22-14)19(25)13-27-21(26)18-11-12-24(23-18)15-7-3-2-4-8-15/h2-12,22H,13H2,1H3. The molecule has 6 nitrogen and oxygen atoms in total. The number of benzene rings is 2. The van der Waals surface area contributed by atoms with E-state index in [-0.39, 0.29) is 18.1 Å². The van der Waals surface area contributed by atoms with Gasteiger partial charge in [0.1, 0.15) is 0 Å². The number of aryl methyl sites for hydroxylation is 1. The highest BCUT2D eigenvalue weighted by Crippen LogP contribution is 2.22. The molecule has 1 N–H and O–H groups in total. The second-order valence-corrected chi connectivity index (χ2v) is 6.15. The zero-order valence-corrected chi connectivity index (χ0v) is 14.7. The molecule has 0 spiro atoms. The first kappa shape index (κ1) is 16.8. The molecular formula is C21H17N3O3. The summed E-state index contributed by atoms with van der Waals surface area (Å²) in [6, 6.07) is 18.5. The van der Waals surface area contributed by atoms with E-state index in [2.05, 4.69) is 10.1 Å². The summed E-state index contributed by atoms with van der Waals surface area (Å²) in [5, 5.41) is 5.04. The molecule has 0 saturated heterocycles. The molecule has 0 unspecified atom stereocenters. The lowest BCUT2D eigenvalue weighted by atomic mass is 10.1. The van der Waals surface area contributed by atoms with Gasteiger partial charge in [0, 0.05) is 28.4 Å². The number of nitrogens with one attached hydrogen (secondary N) is 1. The SMILES string of the molecule is Cc1[nH]c2ccccc2c1C(=O)COC(=O)c1ccn(-c2ccccc2)n1. The Balaban J connectivity index is 1.47. The summed E-state index contributed by atoms with van der Waals surface area (Å²) >= 11 is 0. The number of fused-ring (bicyclic) bond motifs is 1. The summed E-state index contributed by atoms with van der Waals surface area (Å²) in [4.78, 5) is 28.0. The molecule has 4 aromatic rings. The van der Waals surface area contributed by atoms with Crippen LogP contribution in [0.1, 0.15) is 26.5 Å². The third-order valence-electron chi connectivity index (χ3n) is 4.33. The van der Waals surface area contributed by atoms with E-state index in [1.54, 1.807) is 16.9 Å². The molecular weight excluding hydrogens is 342 g/mol. The quantitative estimate of drug-likeness (QED) is 0.435. The van der Waals surface area contributed by atoms with E-state index in [0.29, 0.717) is 5.56 Å². The molecule has 4 rings (SSSR count). The van der Waals surface area contributed by atoms with Gasteiger partial charge < -0.3 is 9.72 Å². The van der Waals surface area contributed by atoms with Gasteiger partial charge in [-0.1, -0.05) is 36.4 Å². The number of rotatable bonds is 5. The Morgan fingerprint density at radius 3 is 2.59 bits per heavy atom. The molecule has 27 heavy (non-hydrogen) atoms. The third-order valence-corrected chi connectivity index (χ3v) is 4.33. The Kier molecular flexibility index (Phi) is 4.30. The van der Waals surface area contributed by atoms with E-state index in [1.165, 1.54) is 0 Å². The average molecular weight is 359 g/mol. The molecule has 2 heterocycles. The van der Waals surface area contributed by atoms with Crippen molar-refractivity contribution in [1.82, 2.24) is 14.8 Å². The minimum atomic E-state index is -0.629. The van der Waals surface area contributed by atoms with Gasteiger partial charge in [-0.15, -0.1) is 0 Å². The van der Waals surface area contributed by atoms with E-state index >= 15 is 0 Å². The Morgan fingerprint density at radius 1 is 1.04 bits per heavy atom. The van der Waals surface area contributed by atoms with Crippen molar-refractivity contribution in [2.24, 2.45) is 0 Å². The second-order valence-electron chi connectivity index (χ2n) is 6.15. The fourth-order valence-electron chi connectivity index (χ4n) is 3.07. The Hall–Kier alpha value is -3.67. The van der Waals surface area contributed by atoms with Gasteiger partial charge in [-0.25, -0.2) is 9.48 Å². The molecule has 0 radical (unpaired) electrons. The number of hydrogen-bond acceptors (Lipinski definition) is 4. The number of aromatic nitrogens is 3. The molecule has 134 valence electrons. The summed E-state index contributed by atoms with van der Waals surface area (Å²) in [6.45, 7) is 1.50. The molecule has 2 aromatic heterocycles. The van der Waals surface area contributed by atoms with Crippen LogP contribution in [0.3, 0.4) is 0 Å². The van der Waals surface area contributed by atoms with Crippen LogP contribution in [-0.2, 0) is 4.74 Å². The smallest absolute Gasteiger partial charge is 0.359 e. The molecule has 0 bridgehead atoms. The van der Waals surface area contributed by atoms with Crippen LogP contribution >= 0.6 is 0 Å². The van der Waals surface area contributed by atoms with Crippen LogP contribution in [0, 0.1) is 6.92 Å². The lowest BCUT2D eigenvalue weighted by molar-refractivity contribution is 0.0468.